The van der Waals surface area contributed by atoms with Gasteiger partial charge in [-0.1, -0.05) is 60.7 Å². The summed E-state index contributed by atoms with van der Waals surface area (Å²) >= 11 is 0. The second kappa shape index (κ2) is 8.59. The fourth-order valence-electron chi connectivity index (χ4n) is 3.06. The van der Waals surface area contributed by atoms with Crippen LogP contribution in [0.25, 0.3) is 11.1 Å². The molecule has 0 spiro atoms. The Morgan fingerprint density at radius 3 is 2.00 bits per heavy atom. The second-order valence-electron chi connectivity index (χ2n) is 6.94. The van der Waals surface area contributed by atoms with Gasteiger partial charge in [-0.2, -0.15) is 0 Å². The number of benzene rings is 3. The van der Waals surface area contributed by atoms with E-state index >= 15 is 0 Å². The van der Waals surface area contributed by atoms with E-state index < -0.39 is 10.0 Å². The zero-order valence-corrected chi connectivity index (χ0v) is 17.2. The van der Waals surface area contributed by atoms with Gasteiger partial charge in [-0.3, -0.25) is 0 Å². The van der Waals surface area contributed by atoms with E-state index in [9.17, 15) is 8.42 Å². The lowest BCUT2D eigenvalue weighted by molar-refractivity contribution is 0.284. The third-order valence-corrected chi connectivity index (χ3v) is 6.12. The number of rotatable bonds is 7. The Morgan fingerprint density at radius 1 is 0.821 bits per heavy atom. The minimum atomic E-state index is -3.61. The number of para-hydroxylation sites is 1. The summed E-state index contributed by atoms with van der Waals surface area (Å²) in [6.07, 6.45) is 0. The first-order valence-corrected chi connectivity index (χ1v) is 10.7. The number of hydrogen-bond acceptors (Lipinski definition) is 3. The molecule has 0 aromatic heterocycles. The summed E-state index contributed by atoms with van der Waals surface area (Å²) < 4.78 is 33.9. The van der Waals surface area contributed by atoms with Gasteiger partial charge in [-0.25, -0.2) is 13.1 Å². The van der Waals surface area contributed by atoms with Crippen molar-refractivity contribution in [2.24, 2.45) is 0 Å². The van der Waals surface area contributed by atoms with E-state index in [1.54, 1.807) is 19.1 Å². The Labute approximate surface area is 167 Å². The molecule has 1 atom stereocenters. The molecule has 3 aromatic rings. The van der Waals surface area contributed by atoms with Gasteiger partial charge in [0.1, 0.15) is 12.4 Å². The van der Waals surface area contributed by atoms with Gasteiger partial charge in [0.05, 0.1) is 10.9 Å². The Bertz CT molecular complexity index is 1010. The van der Waals surface area contributed by atoms with E-state index in [-0.39, 0.29) is 17.5 Å². The predicted octanol–water partition coefficient (Wildman–Crippen LogP) is 4.72. The van der Waals surface area contributed by atoms with Crippen molar-refractivity contribution in [1.29, 1.82) is 0 Å². The Kier molecular flexibility index (Phi) is 6.17. The zero-order chi connectivity index (χ0) is 20.1. The molecule has 0 saturated carbocycles. The fourth-order valence-corrected chi connectivity index (χ4v) is 4.29. The summed E-state index contributed by atoms with van der Waals surface area (Å²) in [5.41, 5.74) is 4.10. The van der Waals surface area contributed by atoms with Crippen molar-refractivity contribution in [2.75, 3.05) is 6.61 Å². The molecule has 3 rings (SSSR count). The van der Waals surface area contributed by atoms with Gasteiger partial charge >= 0.3 is 0 Å². The molecule has 0 radical (unpaired) electrons. The maximum atomic E-state index is 12.7. The maximum absolute atomic E-state index is 12.7. The zero-order valence-electron chi connectivity index (χ0n) is 16.3. The second-order valence-corrected chi connectivity index (χ2v) is 8.66. The highest BCUT2D eigenvalue weighted by Crippen LogP contribution is 2.23. The van der Waals surface area contributed by atoms with E-state index in [2.05, 4.69) is 4.72 Å². The van der Waals surface area contributed by atoms with Crippen LogP contribution in [0.5, 0.6) is 5.75 Å². The molecule has 0 aliphatic heterocycles. The molecule has 1 unspecified atom stereocenters. The summed E-state index contributed by atoms with van der Waals surface area (Å²) in [6, 6.07) is 22.3. The van der Waals surface area contributed by atoms with Crippen molar-refractivity contribution in [2.45, 2.75) is 31.7 Å². The van der Waals surface area contributed by atoms with Crippen LogP contribution in [0.15, 0.2) is 77.7 Å². The molecule has 0 bridgehead atoms. The molecule has 28 heavy (non-hydrogen) atoms. The molecule has 1 N–H and O–H groups in total. The quantitative estimate of drug-likeness (QED) is 0.630. The van der Waals surface area contributed by atoms with Gasteiger partial charge in [0, 0.05) is 0 Å². The summed E-state index contributed by atoms with van der Waals surface area (Å²) in [6.45, 7) is 6.01. The minimum Gasteiger partial charge on any atom is -0.491 e. The van der Waals surface area contributed by atoms with Crippen molar-refractivity contribution in [3.8, 4) is 16.9 Å². The fraction of sp³-hybridized carbons (Fsp3) is 0.217. The average Bonchev–Trinajstić information content (AvgIpc) is 2.68. The SMILES string of the molecule is Cc1cccc(C)c1OCC(C)NS(=O)(=O)c1ccc(-c2ccccc2)cc1. The standard InChI is InChI=1S/C23H25NO3S/c1-17-8-7-9-18(2)23(17)27-16-19(3)24-28(25,26)22-14-12-21(13-15-22)20-10-5-4-6-11-20/h4-15,19,24H,16H2,1-3H3. The van der Waals surface area contributed by atoms with Crippen LogP contribution in [0.4, 0.5) is 0 Å². The van der Waals surface area contributed by atoms with Crippen molar-refractivity contribution in [3.63, 3.8) is 0 Å². The average molecular weight is 396 g/mol. The minimum absolute atomic E-state index is 0.242. The highest BCUT2D eigenvalue weighted by Gasteiger charge is 2.18. The summed E-state index contributed by atoms with van der Waals surface area (Å²) in [4.78, 5) is 0.242. The monoisotopic (exact) mass is 395 g/mol. The van der Waals surface area contributed by atoms with E-state index in [1.165, 1.54) is 0 Å². The van der Waals surface area contributed by atoms with Gasteiger partial charge in [0.2, 0.25) is 10.0 Å². The summed E-state index contributed by atoms with van der Waals surface area (Å²) in [5.74, 6) is 0.806. The maximum Gasteiger partial charge on any atom is 0.240 e. The Hall–Kier alpha value is -2.63. The molecular formula is C23H25NO3S. The summed E-state index contributed by atoms with van der Waals surface area (Å²) in [7, 11) is -3.61. The highest BCUT2D eigenvalue weighted by atomic mass is 32.2. The smallest absolute Gasteiger partial charge is 0.240 e. The van der Waals surface area contributed by atoms with Crippen molar-refractivity contribution in [3.05, 3.63) is 83.9 Å². The van der Waals surface area contributed by atoms with Crippen LogP contribution in [-0.4, -0.2) is 21.1 Å². The molecule has 0 aliphatic carbocycles. The number of sulfonamides is 1. The molecule has 0 heterocycles. The number of ether oxygens (including phenoxy) is 1. The highest BCUT2D eigenvalue weighted by molar-refractivity contribution is 7.89. The molecular weight excluding hydrogens is 370 g/mol. The molecule has 0 amide bonds. The molecule has 146 valence electrons. The topological polar surface area (TPSA) is 55.4 Å². The lowest BCUT2D eigenvalue weighted by Crippen LogP contribution is -2.36. The molecule has 0 saturated heterocycles. The van der Waals surface area contributed by atoms with E-state index in [1.807, 2.05) is 74.5 Å². The third-order valence-electron chi connectivity index (χ3n) is 4.51. The van der Waals surface area contributed by atoms with Crippen LogP contribution in [-0.2, 0) is 10.0 Å². The van der Waals surface area contributed by atoms with Gasteiger partial charge in [0.25, 0.3) is 0 Å². The van der Waals surface area contributed by atoms with Crippen molar-refractivity contribution < 1.29 is 13.2 Å². The first-order valence-electron chi connectivity index (χ1n) is 9.23. The molecule has 0 fully saturated rings. The van der Waals surface area contributed by atoms with Gasteiger partial charge in [0.15, 0.2) is 0 Å². The molecule has 5 heteroatoms. The van der Waals surface area contributed by atoms with Gasteiger partial charge in [-0.15, -0.1) is 0 Å². The van der Waals surface area contributed by atoms with Gasteiger partial charge < -0.3 is 4.74 Å². The van der Waals surface area contributed by atoms with Crippen LogP contribution in [0.2, 0.25) is 0 Å². The van der Waals surface area contributed by atoms with E-state index in [4.69, 9.17) is 4.74 Å². The Morgan fingerprint density at radius 2 is 1.39 bits per heavy atom. The van der Waals surface area contributed by atoms with Crippen molar-refractivity contribution >= 4 is 10.0 Å². The van der Waals surface area contributed by atoms with Crippen LogP contribution in [0, 0.1) is 13.8 Å². The number of hydrogen-bond donors (Lipinski definition) is 1. The number of nitrogens with one attached hydrogen (secondary N) is 1. The lowest BCUT2D eigenvalue weighted by Gasteiger charge is -2.17. The molecule has 4 nitrogen and oxygen atoms in total. The number of aryl methyl sites for hydroxylation is 2. The van der Waals surface area contributed by atoms with Gasteiger partial charge in [-0.05, 0) is 55.2 Å². The predicted molar refractivity (Wildman–Crippen MR) is 113 cm³/mol. The van der Waals surface area contributed by atoms with Crippen LogP contribution < -0.4 is 9.46 Å². The van der Waals surface area contributed by atoms with Crippen molar-refractivity contribution in [1.82, 2.24) is 4.72 Å². The third kappa shape index (κ3) is 4.80. The Balaban J connectivity index is 1.66. The van der Waals surface area contributed by atoms with E-state index in [0.717, 1.165) is 28.0 Å². The lowest BCUT2D eigenvalue weighted by atomic mass is 10.1. The summed E-state index contributed by atoms with van der Waals surface area (Å²) in [5, 5.41) is 0. The molecule has 0 aliphatic rings. The van der Waals surface area contributed by atoms with Crippen LogP contribution in [0.1, 0.15) is 18.1 Å². The molecule has 3 aromatic carbocycles. The van der Waals surface area contributed by atoms with Crippen LogP contribution >= 0.6 is 0 Å². The first kappa shape index (κ1) is 20.1. The van der Waals surface area contributed by atoms with Crippen LogP contribution in [0.3, 0.4) is 0 Å². The largest absolute Gasteiger partial charge is 0.491 e. The first-order chi connectivity index (χ1) is 13.4. The van der Waals surface area contributed by atoms with E-state index in [0.29, 0.717) is 0 Å². The normalized spacial score (nSPS) is 12.5.